The third-order valence-corrected chi connectivity index (χ3v) is 7.07. The first-order valence-corrected chi connectivity index (χ1v) is 10.9. The molecule has 3 aromatic rings. The molecule has 0 amide bonds. The summed E-state index contributed by atoms with van der Waals surface area (Å²) in [6.07, 6.45) is 4.54. The van der Waals surface area contributed by atoms with Crippen LogP contribution >= 0.6 is 0 Å². The summed E-state index contributed by atoms with van der Waals surface area (Å²) in [6.45, 7) is 2.06. The minimum absolute atomic E-state index is 0.0158. The number of ether oxygens (including phenoxy) is 1. The van der Waals surface area contributed by atoms with Crippen LogP contribution in [0.3, 0.4) is 0 Å². The van der Waals surface area contributed by atoms with E-state index in [1.165, 1.54) is 4.57 Å². The lowest BCUT2D eigenvalue weighted by molar-refractivity contribution is -0.102. The van der Waals surface area contributed by atoms with Crippen molar-refractivity contribution < 1.29 is 20.1 Å². The molecule has 0 radical (unpaired) electrons. The van der Waals surface area contributed by atoms with Gasteiger partial charge in [-0.1, -0.05) is 44.0 Å². The Morgan fingerprint density at radius 3 is 2.26 bits per heavy atom. The molecule has 6 nitrogen and oxygen atoms in total. The van der Waals surface area contributed by atoms with E-state index in [9.17, 15) is 20.6 Å². The highest BCUT2D eigenvalue weighted by atomic mass is 16.5. The van der Waals surface area contributed by atoms with Gasteiger partial charge in [0.05, 0.1) is 28.4 Å². The summed E-state index contributed by atoms with van der Waals surface area (Å²) in [5.41, 5.74) is 0.991. The fourth-order valence-corrected chi connectivity index (χ4v) is 5.69. The maximum Gasteiger partial charge on any atom is 0.205 e. The molecule has 2 bridgehead atoms. The lowest BCUT2D eigenvalue weighted by atomic mass is 9.75. The molecule has 1 fully saturated rings. The van der Waals surface area contributed by atoms with Gasteiger partial charge in [-0.25, -0.2) is 0 Å². The normalized spacial score (nSPS) is 23.9. The molecule has 31 heavy (non-hydrogen) atoms. The number of aromatic hydroxyl groups is 2. The molecule has 2 aromatic carbocycles. The zero-order chi connectivity index (χ0) is 21.8. The predicted octanol–water partition coefficient (Wildman–Crippen LogP) is 4.70. The van der Waals surface area contributed by atoms with Gasteiger partial charge < -0.3 is 20.1 Å². The first-order valence-electron chi connectivity index (χ1n) is 10.9. The van der Waals surface area contributed by atoms with Crippen molar-refractivity contribution in [3.63, 3.8) is 0 Å². The Hall–Kier alpha value is -3.01. The minimum Gasteiger partial charge on any atom is -0.494 e. The van der Waals surface area contributed by atoms with Gasteiger partial charge in [0.15, 0.2) is 0 Å². The third kappa shape index (κ3) is 2.57. The van der Waals surface area contributed by atoms with Gasteiger partial charge in [0.1, 0.15) is 11.2 Å². The summed E-state index contributed by atoms with van der Waals surface area (Å²) < 4.78 is 8.02. The Labute approximate surface area is 180 Å². The van der Waals surface area contributed by atoms with E-state index in [1.807, 2.05) is 24.3 Å². The number of unbranched alkanes of at least 4 members (excludes halogenated alkanes) is 1. The van der Waals surface area contributed by atoms with Gasteiger partial charge >= 0.3 is 0 Å². The van der Waals surface area contributed by atoms with Crippen molar-refractivity contribution in [3.8, 4) is 23.5 Å². The number of nitriles is 1. The van der Waals surface area contributed by atoms with Crippen LogP contribution in [0, 0.1) is 11.3 Å². The van der Waals surface area contributed by atoms with Crippen molar-refractivity contribution in [2.24, 2.45) is 0 Å². The van der Waals surface area contributed by atoms with E-state index < -0.39 is 11.2 Å². The number of aliphatic hydroxyl groups excluding tert-OH is 1. The van der Waals surface area contributed by atoms with Crippen LogP contribution in [0.25, 0.3) is 16.5 Å². The molecule has 0 saturated carbocycles. The zero-order valence-corrected chi connectivity index (χ0v) is 17.6. The SMILES string of the molecule is CCCC[C@@]12CC[C@@](CCO)(O1)c1c2c(O)n(-c2ccc(C#N)c3ccccc23)c1O. The summed E-state index contributed by atoms with van der Waals surface area (Å²) in [7, 11) is 0. The van der Waals surface area contributed by atoms with Crippen molar-refractivity contribution in [2.45, 2.75) is 56.7 Å². The molecule has 2 atom stereocenters. The van der Waals surface area contributed by atoms with E-state index in [-0.39, 0.29) is 18.4 Å². The fraction of sp³-hybridized carbons (Fsp3) is 0.400. The maximum atomic E-state index is 11.4. The van der Waals surface area contributed by atoms with Crippen LogP contribution in [0.15, 0.2) is 36.4 Å². The Morgan fingerprint density at radius 1 is 1.00 bits per heavy atom. The average molecular weight is 418 g/mol. The van der Waals surface area contributed by atoms with E-state index in [0.717, 1.165) is 36.5 Å². The molecule has 2 aliphatic heterocycles. The lowest BCUT2D eigenvalue weighted by Gasteiger charge is -2.27. The van der Waals surface area contributed by atoms with Crippen molar-refractivity contribution >= 4 is 10.8 Å². The molecule has 1 saturated heterocycles. The van der Waals surface area contributed by atoms with E-state index in [1.54, 1.807) is 12.1 Å². The minimum atomic E-state index is -0.785. The second-order valence-corrected chi connectivity index (χ2v) is 8.69. The Morgan fingerprint density at radius 2 is 1.65 bits per heavy atom. The zero-order valence-electron chi connectivity index (χ0n) is 17.6. The molecule has 3 heterocycles. The van der Waals surface area contributed by atoms with E-state index in [4.69, 9.17) is 4.74 Å². The molecule has 5 rings (SSSR count). The van der Waals surface area contributed by atoms with Gasteiger partial charge in [-0.15, -0.1) is 0 Å². The molecule has 6 heteroatoms. The molecular formula is C25H26N2O4. The Kier molecular flexibility index (Phi) is 4.51. The van der Waals surface area contributed by atoms with E-state index in [2.05, 4.69) is 13.0 Å². The van der Waals surface area contributed by atoms with Gasteiger partial charge in [-0.3, -0.25) is 4.57 Å². The number of nitrogens with zero attached hydrogens (tertiary/aromatic N) is 2. The standard InChI is InChI=1S/C25H26N2O4/c1-2-3-10-24-11-12-25(31-24,13-14-28)21-20(24)22(29)27(23(21)30)19-9-8-16(15-26)17-6-4-5-7-18(17)19/h4-9,28-30H,2-3,10-14H2,1H3/t24-,25-/m0/s1. The fourth-order valence-electron chi connectivity index (χ4n) is 5.69. The van der Waals surface area contributed by atoms with Crippen LogP contribution in [-0.2, 0) is 15.9 Å². The van der Waals surface area contributed by atoms with E-state index in [0.29, 0.717) is 35.2 Å². The number of fused-ring (bicyclic) bond motifs is 6. The molecular weight excluding hydrogens is 392 g/mol. The predicted molar refractivity (Wildman–Crippen MR) is 116 cm³/mol. The number of aliphatic hydroxyl groups is 1. The summed E-state index contributed by atoms with van der Waals surface area (Å²) in [5.74, 6) is -0.0631. The number of rotatable bonds is 6. The lowest BCUT2D eigenvalue weighted by Crippen LogP contribution is -2.24. The molecule has 2 aliphatic rings. The first kappa shape index (κ1) is 19.9. The number of hydrogen-bond acceptors (Lipinski definition) is 5. The van der Waals surface area contributed by atoms with Crippen LogP contribution < -0.4 is 0 Å². The van der Waals surface area contributed by atoms with Crippen LogP contribution in [-0.4, -0.2) is 26.5 Å². The molecule has 3 N–H and O–H groups in total. The Balaban J connectivity index is 1.78. The summed E-state index contributed by atoms with van der Waals surface area (Å²) in [6, 6.07) is 13.2. The van der Waals surface area contributed by atoms with E-state index >= 15 is 0 Å². The molecule has 0 spiro atoms. The molecule has 0 unspecified atom stereocenters. The second kappa shape index (κ2) is 7.01. The van der Waals surface area contributed by atoms with Crippen LogP contribution in [0.4, 0.5) is 0 Å². The number of aromatic nitrogens is 1. The topological polar surface area (TPSA) is 98.6 Å². The smallest absolute Gasteiger partial charge is 0.205 e. The Bertz CT molecular complexity index is 1220. The monoisotopic (exact) mass is 418 g/mol. The van der Waals surface area contributed by atoms with Gasteiger partial charge in [0.2, 0.25) is 11.8 Å². The first-order chi connectivity index (χ1) is 15.0. The molecule has 160 valence electrons. The largest absolute Gasteiger partial charge is 0.494 e. The number of benzene rings is 2. The summed E-state index contributed by atoms with van der Waals surface area (Å²) >= 11 is 0. The van der Waals surface area contributed by atoms with Gasteiger partial charge in [-0.2, -0.15) is 5.26 Å². The molecule has 0 aliphatic carbocycles. The maximum absolute atomic E-state index is 11.4. The molecule has 1 aromatic heterocycles. The highest BCUT2D eigenvalue weighted by molar-refractivity contribution is 5.95. The van der Waals surface area contributed by atoms with Crippen LogP contribution in [0.1, 0.15) is 62.1 Å². The van der Waals surface area contributed by atoms with Crippen molar-refractivity contribution in [2.75, 3.05) is 6.61 Å². The quantitative estimate of drug-likeness (QED) is 0.539. The van der Waals surface area contributed by atoms with Crippen molar-refractivity contribution in [1.29, 1.82) is 5.26 Å². The van der Waals surface area contributed by atoms with Crippen molar-refractivity contribution in [3.05, 3.63) is 53.1 Å². The van der Waals surface area contributed by atoms with Crippen LogP contribution in [0.5, 0.6) is 11.8 Å². The van der Waals surface area contributed by atoms with Crippen molar-refractivity contribution in [1.82, 2.24) is 4.57 Å². The highest BCUT2D eigenvalue weighted by Crippen LogP contribution is 2.67. The highest BCUT2D eigenvalue weighted by Gasteiger charge is 2.63. The summed E-state index contributed by atoms with van der Waals surface area (Å²) in [5, 5.41) is 43.6. The second-order valence-electron chi connectivity index (χ2n) is 8.69. The van der Waals surface area contributed by atoms with Gasteiger partial charge in [0.25, 0.3) is 0 Å². The van der Waals surface area contributed by atoms with Gasteiger partial charge in [-0.05, 0) is 31.4 Å². The summed E-state index contributed by atoms with van der Waals surface area (Å²) in [4.78, 5) is 0. The van der Waals surface area contributed by atoms with Gasteiger partial charge in [0, 0.05) is 23.8 Å². The average Bonchev–Trinajstić information content (AvgIpc) is 3.38. The third-order valence-electron chi connectivity index (χ3n) is 7.07. The number of hydrogen-bond donors (Lipinski definition) is 3. The van der Waals surface area contributed by atoms with Crippen LogP contribution in [0.2, 0.25) is 0 Å².